The van der Waals surface area contributed by atoms with Crippen molar-refractivity contribution in [2.75, 3.05) is 25.1 Å². The van der Waals surface area contributed by atoms with Crippen molar-refractivity contribution >= 4 is 23.5 Å². The minimum atomic E-state index is -1.12. The van der Waals surface area contributed by atoms with Gasteiger partial charge in [0, 0.05) is 11.8 Å². The lowest BCUT2D eigenvalue weighted by Gasteiger charge is -2.27. The standard InChI is InChI=1S/C12H12N2O5/c1-19-9-4-7(2-3-8(9)12(17)18)14-6-10(15)13-5-11(14)16/h2-4H,5-6H2,1H3,(H,13,15)(H,17,18). The number of rotatable bonds is 3. The number of ether oxygens (including phenoxy) is 1. The van der Waals surface area contributed by atoms with Crippen LogP contribution < -0.4 is 15.0 Å². The molecule has 0 atom stereocenters. The van der Waals surface area contributed by atoms with E-state index in [1.54, 1.807) is 0 Å². The Bertz CT molecular complexity index is 555. The van der Waals surface area contributed by atoms with Gasteiger partial charge in [0.05, 0.1) is 13.7 Å². The molecule has 19 heavy (non-hydrogen) atoms. The Morgan fingerprint density at radius 3 is 2.79 bits per heavy atom. The summed E-state index contributed by atoms with van der Waals surface area (Å²) >= 11 is 0. The quantitative estimate of drug-likeness (QED) is 0.792. The van der Waals surface area contributed by atoms with Gasteiger partial charge >= 0.3 is 5.97 Å². The molecule has 0 radical (unpaired) electrons. The first-order valence-corrected chi connectivity index (χ1v) is 5.51. The highest BCUT2D eigenvalue weighted by molar-refractivity contribution is 6.05. The Hall–Kier alpha value is -2.57. The minimum absolute atomic E-state index is 0.000148. The van der Waals surface area contributed by atoms with Crippen LogP contribution in [0.2, 0.25) is 0 Å². The Kier molecular flexibility index (Phi) is 3.37. The number of carbonyl (C=O) groups is 3. The average molecular weight is 264 g/mol. The summed E-state index contributed by atoms with van der Waals surface area (Å²) in [5.41, 5.74) is 0.432. The van der Waals surface area contributed by atoms with Crippen molar-refractivity contribution in [3.63, 3.8) is 0 Å². The van der Waals surface area contributed by atoms with Crippen molar-refractivity contribution in [1.82, 2.24) is 5.32 Å². The minimum Gasteiger partial charge on any atom is -0.496 e. The zero-order chi connectivity index (χ0) is 14.0. The third kappa shape index (κ3) is 2.49. The van der Waals surface area contributed by atoms with Crippen molar-refractivity contribution in [2.45, 2.75) is 0 Å². The predicted octanol–water partition coefficient (Wildman–Crippen LogP) is -0.144. The van der Waals surface area contributed by atoms with Crippen LogP contribution >= 0.6 is 0 Å². The maximum atomic E-state index is 11.7. The first-order chi connectivity index (χ1) is 9.02. The highest BCUT2D eigenvalue weighted by Gasteiger charge is 2.25. The van der Waals surface area contributed by atoms with E-state index in [4.69, 9.17) is 9.84 Å². The molecule has 100 valence electrons. The molecule has 1 heterocycles. The summed E-state index contributed by atoms with van der Waals surface area (Å²) in [4.78, 5) is 35.2. The molecule has 1 aromatic rings. The zero-order valence-corrected chi connectivity index (χ0v) is 10.2. The maximum Gasteiger partial charge on any atom is 0.339 e. The second-order valence-corrected chi connectivity index (χ2v) is 3.95. The number of hydrogen-bond donors (Lipinski definition) is 2. The summed E-state index contributed by atoms with van der Waals surface area (Å²) in [5.74, 6) is -1.50. The van der Waals surface area contributed by atoms with Gasteiger partial charge in [-0.05, 0) is 12.1 Å². The Morgan fingerprint density at radius 1 is 1.42 bits per heavy atom. The first kappa shape index (κ1) is 12.9. The number of anilines is 1. The summed E-state index contributed by atoms with van der Waals surface area (Å²) in [6, 6.07) is 4.25. The Balaban J connectivity index is 2.37. The third-order valence-corrected chi connectivity index (χ3v) is 2.77. The van der Waals surface area contributed by atoms with Gasteiger partial charge in [-0.2, -0.15) is 0 Å². The monoisotopic (exact) mass is 264 g/mol. The molecule has 2 N–H and O–H groups in total. The summed E-state index contributed by atoms with van der Waals surface area (Å²) < 4.78 is 4.98. The molecule has 1 aromatic carbocycles. The van der Waals surface area contributed by atoms with Crippen molar-refractivity contribution in [2.24, 2.45) is 0 Å². The van der Waals surface area contributed by atoms with Crippen molar-refractivity contribution in [3.8, 4) is 5.75 Å². The van der Waals surface area contributed by atoms with Crippen LogP contribution in [0.1, 0.15) is 10.4 Å². The molecule has 0 aromatic heterocycles. The molecule has 0 spiro atoms. The van der Waals surface area contributed by atoms with Crippen LogP contribution in [-0.2, 0) is 9.59 Å². The Morgan fingerprint density at radius 2 is 2.16 bits per heavy atom. The molecule has 7 heteroatoms. The van der Waals surface area contributed by atoms with Gasteiger partial charge in [-0.3, -0.25) is 9.59 Å². The van der Waals surface area contributed by atoms with E-state index in [9.17, 15) is 14.4 Å². The lowest BCUT2D eigenvalue weighted by Crippen LogP contribution is -2.51. The molecule has 7 nitrogen and oxygen atoms in total. The fourth-order valence-corrected chi connectivity index (χ4v) is 1.82. The van der Waals surface area contributed by atoms with Crippen molar-refractivity contribution < 1.29 is 24.2 Å². The number of piperazine rings is 1. The number of carboxylic acid groups (broad SMARTS) is 1. The fraction of sp³-hybridized carbons (Fsp3) is 0.250. The lowest BCUT2D eigenvalue weighted by molar-refractivity contribution is -0.128. The second-order valence-electron chi connectivity index (χ2n) is 3.95. The maximum absolute atomic E-state index is 11.7. The SMILES string of the molecule is COc1cc(N2CC(=O)NCC2=O)ccc1C(=O)O. The number of carboxylic acids is 1. The number of aromatic carboxylic acids is 1. The van der Waals surface area contributed by atoms with Gasteiger partial charge in [-0.25, -0.2) is 4.79 Å². The van der Waals surface area contributed by atoms with Gasteiger partial charge in [0.15, 0.2) is 0 Å². The molecule has 1 aliphatic heterocycles. The molecule has 0 unspecified atom stereocenters. The molecule has 0 saturated carbocycles. The first-order valence-electron chi connectivity index (χ1n) is 5.51. The number of nitrogens with one attached hydrogen (secondary N) is 1. The summed E-state index contributed by atoms with van der Waals surface area (Å²) in [7, 11) is 1.34. The lowest BCUT2D eigenvalue weighted by atomic mass is 10.1. The van der Waals surface area contributed by atoms with Gasteiger partial charge in [0.25, 0.3) is 0 Å². The van der Waals surface area contributed by atoms with E-state index >= 15 is 0 Å². The third-order valence-electron chi connectivity index (χ3n) is 2.77. The van der Waals surface area contributed by atoms with E-state index in [-0.39, 0.29) is 36.2 Å². The van der Waals surface area contributed by atoms with Crippen LogP contribution in [0.25, 0.3) is 0 Å². The second kappa shape index (κ2) is 4.97. The van der Waals surface area contributed by atoms with Gasteiger partial charge in [-0.15, -0.1) is 0 Å². The van der Waals surface area contributed by atoms with E-state index < -0.39 is 5.97 Å². The molecule has 1 aliphatic rings. The van der Waals surface area contributed by atoms with Crippen LogP contribution in [0, 0.1) is 0 Å². The summed E-state index contributed by atoms with van der Waals surface area (Å²) in [6.45, 7) is -0.157. The highest BCUT2D eigenvalue weighted by atomic mass is 16.5. The zero-order valence-electron chi connectivity index (χ0n) is 10.2. The van der Waals surface area contributed by atoms with E-state index in [1.807, 2.05) is 0 Å². The summed E-state index contributed by atoms with van der Waals surface area (Å²) in [5, 5.41) is 11.4. The number of benzene rings is 1. The predicted molar refractivity (Wildman–Crippen MR) is 65.3 cm³/mol. The van der Waals surface area contributed by atoms with Gasteiger partial charge in [0.1, 0.15) is 17.9 Å². The topological polar surface area (TPSA) is 95.9 Å². The number of amides is 2. The number of methoxy groups -OCH3 is 1. The highest BCUT2D eigenvalue weighted by Crippen LogP contribution is 2.26. The van der Waals surface area contributed by atoms with Gasteiger partial charge < -0.3 is 20.1 Å². The molecule has 1 saturated heterocycles. The average Bonchev–Trinajstić information content (AvgIpc) is 2.40. The molecular weight excluding hydrogens is 252 g/mol. The largest absolute Gasteiger partial charge is 0.496 e. The molecule has 0 aliphatic carbocycles. The van der Waals surface area contributed by atoms with Gasteiger partial charge in [0.2, 0.25) is 11.8 Å². The Labute approximate surface area is 108 Å². The molecule has 2 amide bonds. The molecular formula is C12H12N2O5. The smallest absolute Gasteiger partial charge is 0.339 e. The molecule has 2 rings (SSSR count). The number of hydrogen-bond acceptors (Lipinski definition) is 4. The van der Waals surface area contributed by atoms with E-state index in [0.717, 1.165) is 0 Å². The van der Waals surface area contributed by atoms with E-state index in [2.05, 4.69) is 5.32 Å². The van der Waals surface area contributed by atoms with E-state index in [1.165, 1.54) is 30.2 Å². The van der Waals surface area contributed by atoms with Crippen molar-refractivity contribution in [1.29, 1.82) is 0 Å². The van der Waals surface area contributed by atoms with Gasteiger partial charge in [-0.1, -0.05) is 0 Å². The number of carbonyl (C=O) groups excluding carboxylic acids is 2. The van der Waals surface area contributed by atoms with Crippen LogP contribution in [-0.4, -0.2) is 43.1 Å². The summed E-state index contributed by atoms with van der Waals surface area (Å²) in [6.07, 6.45) is 0. The normalized spacial score (nSPS) is 15.1. The van der Waals surface area contributed by atoms with Crippen LogP contribution in [0.3, 0.4) is 0 Å². The molecule has 0 bridgehead atoms. The van der Waals surface area contributed by atoms with Crippen molar-refractivity contribution in [3.05, 3.63) is 23.8 Å². The molecule has 1 fully saturated rings. The van der Waals surface area contributed by atoms with Crippen LogP contribution in [0.5, 0.6) is 5.75 Å². The van der Waals surface area contributed by atoms with E-state index in [0.29, 0.717) is 5.69 Å². The van der Waals surface area contributed by atoms with Crippen LogP contribution in [0.4, 0.5) is 5.69 Å². The van der Waals surface area contributed by atoms with Crippen LogP contribution in [0.15, 0.2) is 18.2 Å². The fourth-order valence-electron chi connectivity index (χ4n) is 1.82. The number of nitrogens with zero attached hydrogens (tertiary/aromatic N) is 1.